The van der Waals surface area contributed by atoms with E-state index in [0.717, 1.165) is 4.68 Å². The highest BCUT2D eigenvalue weighted by Crippen LogP contribution is 2.26. The SMILES string of the molecule is O=C(Nc1cnn(Cc2c(F)cc(F)c(F)c2F)c1)C1CCN(S(=O)(=O)c2ccc(Cl)cc2)CC1. The molecular formula is C22H19ClF4N4O3S. The number of nitrogens with one attached hydrogen (secondary N) is 1. The van der Waals surface area contributed by atoms with E-state index in [0.29, 0.717) is 5.02 Å². The van der Waals surface area contributed by atoms with Crippen LogP contribution in [0.4, 0.5) is 23.2 Å². The van der Waals surface area contributed by atoms with Crippen molar-refractivity contribution in [2.75, 3.05) is 18.4 Å². The van der Waals surface area contributed by atoms with E-state index in [1.165, 1.54) is 41.0 Å². The highest BCUT2D eigenvalue weighted by molar-refractivity contribution is 7.89. The second-order valence-corrected chi connectivity index (χ2v) is 10.4. The van der Waals surface area contributed by atoms with Crippen molar-refractivity contribution >= 4 is 33.2 Å². The number of hydrogen-bond acceptors (Lipinski definition) is 4. The Kier molecular flexibility index (Phi) is 7.15. The third kappa shape index (κ3) is 5.34. The van der Waals surface area contributed by atoms with Crippen molar-refractivity contribution in [1.82, 2.24) is 14.1 Å². The fraction of sp³-hybridized carbons (Fsp3) is 0.273. The van der Waals surface area contributed by atoms with Crippen LogP contribution in [0.3, 0.4) is 0 Å². The number of piperidine rings is 1. The Hall–Kier alpha value is -2.96. The fourth-order valence-electron chi connectivity index (χ4n) is 3.78. The highest BCUT2D eigenvalue weighted by Gasteiger charge is 2.32. The molecule has 1 aliphatic heterocycles. The first kappa shape index (κ1) is 25.1. The first-order valence-electron chi connectivity index (χ1n) is 10.5. The van der Waals surface area contributed by atoms with Crippen molar-refractivity contribution in [3.05, 3.63) is 76.6 Å². The van der Waals surface area contributed by atoms with Gasteiger partial charge < -0.3 is 5.32 Å². The molecule has 0 atom stereocenters. The average molecular weight is 531 g/mol. The van der Waals surface area contributed by atoms with Gasteiger partial charge >= 0.3 is 0 Å². The summed E-state index contributed by atoms with van der Waals surface area (Å²) >= 11 is 5.81. The van der Waals surface area contributed by atoms with Gasteiger partial charge in [0.25, 0.3) is 0 Å². The lowest BCUT2D eigenvalue weighted by Gasteiger charge is -2.30. The Balaban J connectivity index is 1.36. The van der Waals surface area contributed by atoms with E-state index in [1.54, 1.807) is 0 Å². The minimum Gasteiger partial charge on any atom is -0.323 e. The van der Waals surface area contributed by atoms with Gasteiger partial charge in [0.2, 0.25) is 15.9 Å². The van der Waals surface area contributed by atoms with Gasteiger partial charge in [-0.05, 0) is 37.1 Å². The number of amides is 1. The molecule has 1 saturated heterocycles. The Bertz CT molecular complexity index is 1360. The van der Waals surface area contributed by atoms with Gasteiger partial charge in [0.1, 0.15) is 5.82 Å². The number of halogens is 5. The lowest BCUT2D eigenvalue weighted by atomic mass is 9.97. The van der Waals surface area contributed by atoms with Crippen LogP contribution in [0.15, 0.2) is 47.6 Å². The molecule has 186 valence electrons. The number of sulfonamides is 1. The van der Waals surface area contributed by atoms with Crippen LogP contribution >= 0.6 is 11.6 Å². The summed E-state index contributed by atoms with van der Waals surface area (Å²) in [6.45, 7) is -0.223. The maximum atomic E-state index is 13.9. The Labute approximate surface area is 203 Å². The first-order chi connectivity index (χ1) is 16.6. The van der Waals surface area contributed by atoms with Gasteiger partial charge in [-0.3, -0.25) is 9.48 Å². The summed E-state index contributed by atoms with van der Waals surface area (Å²) in [5, 5.41) is 6.94. The quantitative estimate of drug-likeness (QED) is 0.294. The number of rotatable bonds is 6. The molecule has 1 fully saturated rings. The van der Waals surface area contributed by atoms with Gasteiger partial charge in [-0.2, -0.15) is 9.40 Å². The molecular weight excluding hydrogens is 512 g/mol. The summed E-state index contributed by atoms with van der Waals surface area (Å²) in [7, 11) is -3.71. The van der Waals surface area contributed by atoms with Gasteiger partial charge in [0, 0.05) is 41.9 Å². The Morgan fingerprint density at radius 1 is 1.06 bits per heavy atom. The van der Waals surface area contributed by atoms with Crippen molar-refractivity contribution < 1.29 is 30.8 Å². The van der Waals surface area contributed by atoms with Crippen LogP contribution < -0.4 is 5.32 Å². The molecule has 35 heavy (non-hydrogen) atoms. The van der Waals surface area contributed by atoms with Crippen molar-refractivity contribution in [2.45, 2.75) is 24.3 Å². The highest BCUT2D eigenvalue weighted by atomic mass is 35.5. The minimum atomic E-state index is -3.71. The molecule has 2 heterocycles. The summed E-state index contributed by atoms with van der Waals surface area (Å²) in [5.41, 5.74) is -0.478. The van der Waals surface area contributed by atoms with E-state index >= 15 is 0 Å². The van der Waals surface area contributed by atoms with Gasteiger partial charge in [-0.1, -0.05) is 11.6 Å². The molecule has 0 radical (unpaired) electrons. The number of anilines is 1. The number of hydrogen-bond donors (Lipinski definition) is 1. The smallest absolute Gasteiger partial charge is 0.243 e. The van der Waals surface area contributed by atoms with Gasteiger partial charge in [-0.25, -0.2) is 26.0 Å². The Morgan fingerprint density at radius 3 is 2.37 bits per heavy atom. The zero-order valence-corrected chi connectivity index (χ0v) is 19.6. The summed E-state index contributed by atoms with van der Waals surface area (Å²) in [4.78, 5) is 12.8. The van der Waals surface area contributed by atoms with Gasteiger partial charge in [0.05, 0.1) is 23.3 Å². The molecule has 0 saturated carbocycles. The molecule has 7 nitrogen and oxygen atoms in total. The predicted octanol–water partition coefficient (Wildman–Crippen LogP) is 4.18. The molecule has 0 bridgehead atoms. The molecule has 2 aromatic carbocycles. The van der Waals surface area contributed by atoms with Gasteiger partial charge in [0.15, 0.2) is 17.5 Å². The number of carbonyl (C=O) groups is 1. The lowest BCUT2D eigenvalue weighted by molar-refractivity contribution is -0.120. The third-order valence-corrected chi connectivity index (χ3v) is 7.87. The third-order valence-electron chi connectivity index (χ3n) is 5.71. The van der Waals surface area contributed by atoms with Crippen molar-refractivity contribution in [1.29, 1.82) is 0 Å². The Morgan fingerprint density at radius 2 is 1.71 bits per heavy atom. The summed E-state index contributed by atoms with van der Waals surface area (Å²) in [5.74, 6) is -7.16. The van der Waals surface area contributed by atoms with E-state index in [9.17, 15) is 30.8 Å². The second-order valence-electron chi connectivity index (χ2n) is 7.99. The van der Waals surface area contributed by atoms with Crippen LogP contribution in [0, 0.1) is 29.2 Å². The zero-order chi connectivity index (χ0) is 25.3. The molecule has 0 unspecified atom stereocenters. The first-order valence-corrected chi connectivity index (χ1v) is 12.3. The summed E-state index contributed by atoms with van der Waals surface area (Å²) in [6, 6.07) is 6.08. The van der Waals surface area contributed by atoms with Crippen molar-refractivity contribution in [2.24, 2.45) is 5.92 Å². The maximum Gasteiger partial charge on any atom is 0.243 e. The van der Waals surface area contributed by atoms with Crippen LogP contribution in [0.1, 0.15) is 18.4 Å². The molecule has 1 N–H and O–H groups in total. The number of benzene rings is 2. The summed E-state index contributed by atoms with van der Waals surface area (Å²) < 4.78 is 82.2. The molecule has 1 aliphatic rings. The average Bonchev–Trinajstić information content (AvgIpc) is 3.27. The number of aromatic nitrogens is 2. The van der Waals surface area contributed by atoms with Crippen LogP contribution in [0.25, 0.3) is 0 Å². The molecule has 1 aromatic heterocycles. The maximum absolute atomic E-state index is 13.9. The zero-order valence-electron chi connectivity index (χ0n) is 18.0. The van der Waals surface area contributed by atoms with E-state index < -0.39 is 51.3 Å². The van der Waals surface area contributed by atoms with E-state index in [2.05, 4.69) is 10.4 Å². The van der Waals surface area contributed by atoms with Gasteiger partial charge in [-0.15, -0.1) is 0 Å². The lowest BCUT2D eigenvalue weighted by Crippen LogP contribution is -2.41. The standard InChI is InChI=1S/C22H19ClF4N4O3S/c23-14-1-3-16(4-2-14)35(33,34)31-7-5-13(6-8-31)22(32)29-15-10-28-30(11-15)12-17-18(24)9-19(25)21(27)20(17)26/h1-4,9-11,13H,5-8,12H2,(H,29,32). The number of nitrogens with zero attached hydrogens (tertiary/aromatic N) is 3. The molecule has 1 amide bonds. The fourth-order valence-corrected chi connectivity index (χ4v) is 5.38. The predicted molar refractivity (Wildman–Crippen MR) is 119 cm³/mol. The molecule has 4 rings (SSSR count). The molecule has 0 spiro atoms. The molecule has 13 heteroatoms. The van der Waals surface area contributed by atoms with Crippen molar-refractivity contribution in [3.63, 3.8) is 0 Å². The topological polar surface area (TPSA) is 84.3 Å². The van der Waals surface area contributed by atoms with Crippen molar-refractivity contribution in [3.8, 4) is 0 Å². The largest absolute Gasteiger partial charge is 0.323 e. The van der Waals surface area contributed by atoms with Crippen LogP contribution in [-0.4, -0.2) is 41.5 Å². The normalized spacial score (nSPS) is 15.3. The van der Waals surface area contributed by atoms with Crippen LogP contribution in [0.2, 0.25) is 5.02 Å². The van der Waals surface area contributed by atoms with E-state index in [-0.39, 0.29) is 48.5 Å². The second kappa shape index (κ2) is 9.96. The molecule has 3 aromatic rings. The number of carbonyl (C=O) groups excluding carboxylic acids is 1. The minimum absolute atomic E-state index is 0.117. The van der Waals surface area contributed by atoms with Crippen LogP contribution in [-0.2, 0) is 21.4 Å². The van der Waals surface area contributed by atoms with E-state index in [1.807, 2.05) is 0 Å². The monoisotopic (exact) mass is 530 g/mol. The van der Waals surface area contributed by atoms with E-state index in [4.69, 9.17) is 11.6 Å². The molecule has 0 aliphatic carbocycles. The summed E-state index contributed by atoms with van der Waals surface area (Å²) in [6.07, 6.45) is 3.11. The van der Waals surface area contributed by atoms with Crippen LogP contribution in [0.5, 0.6) is 0 Å².